The number of pyridine rings is 1. The number of hydrogen-bond acceptors (Lipinski definition) is 6. The SMILES string of the molecule is CS(N)(=O)=NC12CC(Nc3ccc(NC(=O)c4ccc(Nc5ccnc6ccc(F)cc56)cc4)cc3)(C1)C2. The molecule has 0 radical (unpaired) electrons. The van der Waals surface area contributed by atoms with Crippen LogP contribution in [0.3, 0.4) is 0 Å². The van der Waals surface area contributed by atoms with Crippen molar-refractivity contribution in [2.45, 2.75) is 30.3 Å². The van der Waals surface area contributed by atoms with E-state index < -0.39 is 9.92 Å². The lowest BCUT2D eigenvalue weighted by atomic mass is 9.44. The predicted molar refractivity (Wildman–Crippen MR) is 149 cm³/mol. The van der Waals surface area contributed by atoms with E-state index >= 15 is 0 Å². The molecule has 3 aliphatic carbocycles. The predicted octanol–water partition coefficient (Wildman–Crippen LogP) is 5.43. The van der Waals surface area contributed by atoms with Gasteiger partial charge >= 0.3 is 0 Å². The molecule has 10 heteroatoms. The van der Waals surface area contributed by atoms with Crippen molar-refractivity contribution < 1.29 is 13.4 Å². The Morgan fingerprint density at radius 2 is 1.63 bits per heavy atom. The molecule has 2 bridgehead atoms. The molecule has 1 atom stereocenters. The molecule has 3 aliphatic rings. The fourth-order valence-corrected chi connectivity index (χ4v) is 6.55. The Bertz CT molecular complexity index is 1650. The summed E-state index contributed by atoms with van der Waals surface area (Å²) in [7, 11) is -2.58. The summed E-state index contributed by atoms with van der Waals surface area (Å²) in [5, 5.41) is 16.0. The number of nitrogens with zero attached hydrogens (tertiary/aromatic N) is 2. The lowest BCUT2D eigenvalue weighted by Gasteiger charge is -2.68. The zero-order valence-corrected chi connectivity index (χ0v) is 21.5. The van der Waals surface area contributed by atoms with Gasteiger partial charge in [-0.2, -0.15) is 0 Å². The third-order valence-corrected chi connectivity index (χ3v) is 7.81. The first kappa shape index (κ1) is 24.3. The number of hydrogen-bond donors (Lipinski definition) is 4. The highest BCUT2D eigenvalue weighted by Gasteiger charge is 2.69. The van der Waals surface area contributed by atoms with Crippen LogP contribution in [0.1, 0.15) is 29.6 Å². The molecule has 0 spiro atoms. The average molecular weight is 531 g/mol. The van der Waals surface area contributed by atoms with E-state index in [9.17, 15) is 13.4 Å². The van der Waals surface area contributed by atoms with Crippen molar-refractivity contribution in [3.8, 4) is 0 Å². The summed E-state index contributed by atoms with van der Waals surface area (Å²) < 4.78 is 29.8. The van der Waals surface area contributed by atoms with Crippen LogP contribution in [-0.4, -0.2) is 32.4 Å². The van der Waals surface area contributed by atoms with Crippen LogP contribution in [0.15, 0.2) is 83.4 Å². The normalized spacial score (nSPS) is 22.9. The van der Waals surface area contributed by atoms with Crippen molar-refractivity contribution in [1.29, 1.82) is 0 Å². The van der Waals surface area contributed by atoms with E-state index in [4.69, 9.17) is 5.14 Å². The fraction of sp³-hybridized carbons (Fsp3) is 0.214. The smallest absolute Gasteiger partial charge is 0.255 e. The van der Waals surface area contributed by atoms with Gasteiger partial charge in [0.25, 0.3) is 5.91 Å². The molecule has 1 heterocycles. The van der Waals surface area contributed by atoms with Crippen LogP contribution < -0.4 is 21.1 Å². The van der Waals surface area contributed by atoms with Gasteiger partial charge in [0, 0.05) is 51.7 Å². The molecule has 194 valence electrons. The summed E-state index contributed by atoms with van der Waals surface area (Å²) in [5.74, 6) is -0.550. The molecule has 3 fully saturated rings. The Labute approximate surface area is 220 Å². The quantitative estimate of drug-likeness (QED) is 0.254. The van der Waals surface area contributed by atoms with Gasteiger partial charge in [0.2, 0.25) is 0 Å². The fourth-order valence-electron chi connectivity index (χ4n) is 5.58. The van der Waals surface area contributed by atoms with Gasteiger partial charge in [-0.15, -0.1) is 0 Å². The van der Waals surface area contributed by atoms with Crippen molar-refractivity contribution in [1.82, 2.24) is 4.98 Å². The second kappa shape index (κ2) is 8.78. The molecule has 0 aliphatic heterocycles. The van der Waals surface area contributed by atoms with E-state index in [1.54, 1.807) is 42.6 Å². The number of anilines is 4. The van der Waals surface area contributed by atoms with Crippen LogP contribution in [0.25, 0.3) is 10.9 Å². The molecule has 1 amide bonds. The van der Waals surface area contributed by atoms with Gasteiger partial charge in [-0.3, -0.25) is 9.78 Å². The van der Waals surface area contributed by atoms with Gasteiger partial charge in [0.05, 0.1) is 11.1 Å². The Morgan fingerprint density at radius 1 is 0.974 bits per heavy atom. The number of carbonyl (C=O) groups is 1. The number of fused-ring (bicyclic) bond motifs is 1. The number of aromatic nitrogens is 1. The van der Waals surface area contributed by atoms with Crippen LogP contribution in [0.2, 0.25) is 0 Å². The molecule has 3 saturated carbocycles. The Morgan fingerprint density at radius 3 is 2.32 bits per heavy atom. The molecule has 7 rings (SSSR count). The minimum absolute atomic E-state index is 0.00848. The lowest BCUT2D eigenvalue weighted by Crippen LogP contribution is -2.74. The summed E-state index contributed by atoms with van der Waals surface area (Å²) in [4.78, 5) is 17.0. The van der Waals surface area contributed by atoms with Crippen LogP contribution in [-0.2, 0) is 9.92 Å². The van der Waals surface area contributed by atoms with Crippen LogP contribution in [0, 0.1) is 5.82 Å². The first-order valence-corrected chi connectivity index (χ1v) is 14.2. The van der Waals surface area contributed by atoms with Gasteiger partial charge in [0.15, 0.2) is 0 Å². The third kappa shape index (κ3) is 4.80. The summed E-state index contributed by atoms with van der Waals surface area (Å²) >= 11 is 0. The second-order valence-corrected chi connectivity index (χ2v) is 12.3. The molecule has 4 aromatic rings. The molecule has 3 aromatic carbocycles. The van der Waals surface area contributed by atoms with Crippen molar-refractivity contribution >= 4 is 49.5 Å². The van der Waals surface area contributed by atoms with E-state index in [1.165, 1.54) is 18.4 Å². The van der Waals surface area contributed by atoms with Gasteiger partial charge in [-0.25, -0.2) is 18.1 Å². The molecule has 1 aromatic heterocycles. The Kier molecular flexibility index (Phi) is 5.62. The lowest BCUT2D eigenvalue weighted by molar-refractivity contribution is -0.0280. The van der Waals surface area contributed by atoms with Crippen molar-refractivity contribution in [3.63, 3.8) is 0 Å². The first-order valence-electron chi connectivity index (χ1n) is 12.2. The van der Waals surface area contributed by atoms with Gasteiger partial charge in [0.1, 0.15) is 15.7 Å². The number of carbonyl (C=O) groups excluding carboxylic acids is 1. The molecular formula is C28H27FN6O2S. The Balaban J connectivity index is 1.06. The minimum Gasteiger partial charge on any atom is -0.379 e. The maximum absolute atomic E-state index is 13.7. The number of nitrogens with one attached hydrogen (secondary N) is 3. The summed E-state index contributed by atoms with van der Waals surface area (Å²) in [6.07, 6.45) is 5.64. The number of amides is 1. The highest BCUT2D eigenvalue weighted by atomic mass is 32.2. The first-order chi connectivity index (χ1) is 18.1. The number of halogens is 1. The van der Waals surface area contributed by atoms with E-state index in [0.717, 1.165) is 36.3 Å². The van der Waals surface area contributed by atoms with Crippen molar-refractivity contribution in [3.05, 3.63) is 90.4 Å². The molecule has 0 saturated heterocycles. The van der Waals surface area contributed by atoms with Crippen LogP contribution in [0.4, 0.5) is 27.1 Å². The second-order valence-electron chi connectivity index (χ2n) is 10.4. The minimum atomic E-state index is -2.58. The molecule has 1 unspecified atom stereocenters. The summed E-state index contributed by atoms with van der Waals surface area (Å²) in [6.45, 7) is 0. The monoisotopic (exact) mass is 530 g/mol. The number of nitrogens with two attached hydrogens (primary N) is 1. The van der Waals surface area contributed by atoms with Crippen LogP contribution in [0.5, 0.6) is 0 Å². The van der Waals surface area contributed by atoms with Gasteiger partial charge in [-0.05, 0) is 92.1 Å². The molecule has 5 N–H and O–H groups in total. The average Bonchev–Trinajstić information content (AvgIpc) is 2.83. The summed E-state index contributed by atoms with van der Waals surface area (Å²) in [5.41, 5.74) is 4.11. The Hall–Kier alpha value is -4.02. The summed E-state index contributed by atoms with van der Waals surface area (Å²) in [6, 6.07) is 20.9. The zero-order chi connectivity index (χ0) is 26.5. The standard InChI is InChI=1S/C28H27FN6O2S/c1-38(30,37)35-28-15-27(16-28,17-28)34-22-9-7-21(8-10-22)33-26(36)18-2-5-20(6-3-18)32-25-12-13-31-24-11-4-19(29)14-23(24)25/h2-14,34H,15-17H2,1H3,(H,31,32)(H,33,36)(H2,30,35,37). The van der Waals surface area contributed by atoms with Gasteiger partial charge < -0.3 is 16.0 Å². The zero-order valence-electron chi connectivity index (χ0n) is 20.7. The maximum atomic E-state index is 13.7. The largest absolute Gasteiger partial charge is 0.379 e. The highest BCUT2D eigenvalue weighted by Crippen LogP contribution is 2.64. The molecule has 8 nitrogen and oxygen atoms in total. The topological polar surface area (TPSA) is 122 Å². The number of benzene rings is 3. The molecular weight excluding hydrogens is 503 g/mol. The van der Waals surface area contributed by atoms with E-state index in [0.29, 0.717) is 22.2 Å². The van der Waals surface area contributed by atoms with E-state index in [1.807, 2.05) is 24.3 Å². The maximum Gasteiger partial charge on any atom is 0.255 e. The van der Waals surface area contributed by atoms with E-state index in [-0.39, 0.29) is 22.8 Å². The van der Waals surface area contributed by atoms with Crippen molar-refractivity contribution in [2.75, 3.05) is 22.2 Å². The van der Waals surface area contributed by atoms with Gasteiger partial charge in [-0.1, -0.05) is 0 Å². The number of rotatable bonds is 7. The highest BCUT2D eigenvalue weighted by molar-refractivity contribution is 7.90. The van der Waals surface area contributed by atoms with Crippen LogP contribution >= 0.6 is 0 Å². The van der Waals surface area contributed by atoms with E-state index in [2.05, 4.69) is 25.3 Å². The third-order valence-electron chi connectivity index (χ3n) is 7.06. The van der Waals surface area contributed by atoms with Crippen molar-refractivity contribution in [2.24, 2.45) is 9.50 Å². The molecule has 38 heavy (non-hydrogen) atoms.